The van der Waals surface area contributed by atoms with E-state index >= 15 is 0 Å². The first-order valence-electron chi connectivity index (χ1n) is 10.5. The number of benzene rings is 1. The molecular formula is C22H29Cl2N3O2Si. The summed E-state index contributed by atoms with van der Waals surface area (Å²) in [5, 5.41) is 6.71. The Morgan fingerprint density at radius 3 is 2.77 bits per heavy atom. The average molecular weight is 466 g/mol. The summed E-state index contributed by atoms with van der Waals surface area (Å²) >= 11 is 12.9. The second-order valence-corrected chi connectivity index (χ2v) is 15.6. The van der Waals surface area contributed by atoms with Crippen LogP contribution >= 0.6 is 23.2 Å². The molecule has 0 aliphatic carbocycles. The van der Waals surface area contributed by atoms with Crippen LogP contribution in [0.4, 0.5) is 0 Å². The van der Waals surface area contributed by atoms with Crippen molar-refractivity contribution < 1.29 is 9.47 Å². The molecule has 4 rings (SSSR count). The minimum absolute atomic E-state index is 0.0174. The summed E-state index contributed by atoms with van der Waals surface area (Å²) in [6, 6.07) is 4.99. The molecule has 0 amide bonds. The molecule has 5 nitrogen and oxygen atoms in total. The van der Waals surface area contributed by atoms with Crippen LogP contribution in [-0.4, -0.2) is 35.6 Å². The number of hydrogen-bond donors (Lipinski definition) is 0. The van der Waals surface area contributed by atoms with E-state index in [1.807, 2.05) is 23.0 Å². The van der Waals surface area contributed by atoms with E-state index in [4.69, 9.17) is 32.7 Å². The van der Waals surface area contributed by atoms with E-state index in [-0.39, 0.29) is 6.23 Å². The summed E-state index contributed by atoms with van der Waals surface area (Å²) in [5.74, 6) is 0. The minimum atomic E-state index is -1.13. The summed E-state index contributed by atoms with van der Waals surface area (Å²) in [6.45, 7) is 9.04. The fourth-order valence-corrected chi connectivity index (χ4v) is 4.95. The van der Waals surface area contributed by atoms with Gasteiger partial charge in [0.15, 0.2) is 0 Å². The fraction of sp³-hybridized carbons (Fsp3) is 0.500. The molecule has 1 aromatic carbocycles. The van der Waals surface area contributed by atoms with Crippen LogP contribution in [0.5, 0.6) is 0 Å². The predicted octanol–water partition coefficient (Wildman–Crippen LogP) is 6.82. The van der Waals surface area contributed by atoms with Gasteiger partial charge in [0, 0.05) is 50.2 Å². The van der Waals surface area contributed by atoms with Gasteiger partial charge in [-0.3, -0.25) is 0 Å². The van der Waals surface area contributed by atoms with Gasteiger partial charge >= 0.3 is 0 Å². The van der Waals surface area contributed by atoms with Crippen LogP contribution in [0.2, 0.25) is 35.7 Å². The van der Waals surface area contributed by atoms with Crippen molar-refractivity contribution in [3.63, 3.8) is 0 Å². The van der Waals surface area contributed by atoms with Crippen LogP contribution in [-0.2, 0) is 16.2 Å². The molecule has 1 aliphatic heterocycles. The van der Waals surface area contributed by atoms with Crippen molar-refractivity contribution in [2.75, 3.05) is 13.2 Å². The summed E-state index contributed by atoms with van der Waals surface area (Å²) < 4.78 is 15.9. The number of nitrogens with zero attached hydrogens (tertiary/aromatic N) is 3. The molecule has 162 valence electrons. The minimum Gasteiger partial charge on any atom is -0.361 e. The standard InChI is InChI=1S/C22H29Cl2N3O2Si/c1-30(2,3)11-10-28-15-26-14-18(17-7-8-19(23)21(24)22(17)26)16-12-25-27(13-16)20-6-4-5-9-29-20/h7-8,12-14,20H,4-6,9-11,15H2,1-3H3. The lowest BCUT2D eigenvalue weighted by Crippen LogP contribution is -2.21. The van der Waals surface area contributed by atoms with Crippen LogP contribution in [0.3, 0.4) is 0 Å². The molecule has 2 aromatic heterocycles. The van der Waals surface area contributed by atoms with Crippen LogP contribution in [0.1, 0.15) is 25.5 Å². The quantitative estimate of drug-likeness (QED) is 0.283. The van der Waals surface area contributed by atoms with E-state index in [9.17, 15) is 0 Å². The summed E-state index contributed by atoms with van der Waals surface area (Å²) in [6.07, 6.45) is 9.34. The third-order valence-corrected chi connectivity index (χ3v) is 8.02. The first-order valence-corrected chi connectivity index (χ1v) is 15.0. The van der Waals surface area contributed by atoms with Crippen LogP contribution < -0.4 is 0 Å². The monoisotopic (exact) mass is 465 g/mol. The Balaban J connectivity index is 1.64. The van der Waals surface area contributed by atoms with Gasteiger partial charge in [-0.1, -0.05) is 48.9 Å². The van der Waals surface area contributed by atoms with E-state index in [1.54, 1.807) is 0 Å². The normalized spacial score (nSPS) is 17.7. The number of rotatable bonds is 7. The Bertz CT molecular complexity index is 1020. The molecule has 8 heteroatoms. The highest BCUT2D eigenvalue weighted by molar-refractivity contribution is 6.76. The highest BCUT2D eigenvalue weighted by Gasteiger charge is 2.20. The lowest BCUT2D eigenvalue weighted by Gasteiger charge is -2.22. The zero-order valence-electron chi connectivity index (χ0n) is 17.8. The Kier molecular flexibility index (Phi) is 6.60. The van der Waals surface area contributed by atoms with Gasteiger partial charge in [0.1, 0.15) is 13.0 Å². The van der Waals surface area contributed by atoms with E-state index in [0.717, 1.165) is 54.1 Å². The highest BCUT2D eigenvalue weighted by atomic mass is 35.5. The van der Waals surface area contributed by atoms with Crippen molar-refractivity contribution in [3.05, 3.63) is 40.8 Å². The van der Waals surface area contributed by atoms with Crippen molar-refractivity contribution in [1.29, 1.82) is 0 Å². The molecule has 0 saturated carbocycles. The second-order valence-electron chi connectivity index (χ2n) is 9.15. The molecule has 0 bridgehead atoms. The Morgan fingerprint density at radius 1 is 1.20 bits per heavy atom. The topological polar surface area (TPSA) is 41.2 Å². The van der Waals surface area contributed by atoms with Gasteiger partial charge in [-0.25, -0.2) is 4.68 Å². The summed E-state index contributed by atoms with van der Waals surface area (Å²) in [5.41, 5.74) is 3.00. The van der Waals surface area contributed by atoms with Crippen LogP contribution in [0.25, 0.3) is 22.0 Å². The summed E-state index contributed by atoms with van der Waals surface area (Å²) in [4.78, 5) is 0. The maximum absolute atomic E-state index is 6.60. The Morgan fingerprint density at radius 2 is 2.03 bits per heavy atom. The molecule has 1 atom stereocenters. The number of halogens is 2. The SMILES string of the molecule is C[Si](C)(C)CCOCn1cc(-c2cnn(C3CCCCO3)c2)c2ccc(Cl)c(Cl)c21. The van der Waals surface area contributed by atoms with Gasteiger partial charge in [-0.2, -0.15) is 5.10 Å². The maximum Gasteiger partial charge on any atom is 0.150 e. The molecular weight excluding hydrogens is 437 g/mol. The van der Waals surface area contributed by atoms with Crippen molar-refractivity contribution in [1.82, 2.24) is 14.3 Å². The maximum atomic E-state index is 6.60. The van der Waals surface area contributed by atoms with Crippen molar-refractivity contribution in [2.24, 2.45) is 0 Å². The highest BCUT2D eigenvalue weighted by Crippen LogP contribution is 2.38. The number of hydrogen-bond acceptors (Lipinski definition) is 3. The molecule has 1 saturated heterocycles. The lowest BCUT2D eigenvalue weighted by atomic mass is 10.1. The van der Waals surface area contributed by atoms with E-state index in [0.29, 0.717) is 16.8 Å². The van der Waals surface area contributed by atoms with Crippen molar-refractivity contribution in [3.8, 4) is 11.1 Å². The van der Waals surface area contributed by atoms with E-state index in [2.05, 4.69) is 41.7 Å². The van der Waals surface area contributed by atoms with Gasteiger partial charge < -0.3 is 14.0 Å². The number of aromatic nitrogens is 3. The third kappa shape index (κ3) is 4.78. The lowest BCUT2D eigenvalue weighted by molar-refractivity contribution is -0.0394. The van der Waals surface area contributed by atoms with E-state index in [1.165, 1.54) is 6.42 Å². The first kappa shape index (κ1) is 21.9. The first-order chi connectivity index (χ1) is 14.3. The van der Waals surface area contributed by atoms with Gasteiger partial charge in [0.25, 0.3) is 0 Å². The third-order valence-electron chi connectivity index (χ3n) is 5.52. The Labute approximate surface area is 188 Å². The van der Waals surface area contributed by atoms with Gasteiger partial charge in [0.05, 0.1) is 21.8 Å². The van der Waals surface area contributed by atoms with Crippen molar-refractivity contribution >= 4 is 42.2 Å². The molecule has 1 fully saturated rings. The van der Waals surface area contributed by atoms with Crippen LogP contribution in [0.15, 0.2) is 30.7 Å². The second kappa shape index (κ2) is 9.05. The largest absolute Gasteiger partial charge is 0.361 e. The Hall–Kier alpha value is -1.31. The smallest absolute Gasteiger partial charge is 0.150 e. The molecule has 1 unspecified atom stereocenters. The van der Waals surface area contributed by atoms with Gasteiger partial charge in [-0.15, -0.1) is 0 Å². The van der Waals surface area contributed by atoms with Gasteiger partial charge in [-0.05, 0) is 31.4 Å². The fourth-order valence-electron chi connectivity index (χ4n) is 3.77. The van der Waals surface area contributed by atoms with Crippen molar-refractivity contribution in [2.45, 2.75) is 57.9 Å². The molecule has 0 N–H and O–H groups in total. The molecule has 30 heavy (non-hydrogen) atoms. The number of fused-ring (bicyclic) bond motifs is 1. The average Bonchev–Trinajstić information content (AvgIpc) is 3.33. The van der Waals surface area contributed by atoms with Gasteiger partial charge in [0.2, 0.25) is 0 Å². The molecule has 1 aliphatic rings. The summed E-state index contributed by atoms with van der Waals surface area (Å²) in [7, 11) is -1.13. The molecule has 3 aromatic rings. The zero-order chi connectivity index (χ0) is 21.3. The van der Waals surface area contributed by atoms with E-state index < -0.39 is 8.07 Å². The molecule has 0 radical (unpaired) electrons. The number of ether oxygens (including phenoxy) is 2. The van der Waals surface area contributed by atoms with Crippen LogP contribution in [0, 0.1) is 0 Å². The predicted molar refractivity (Wildman–Crippen MR) is 126 cm³/mol. The molecule has 3 heterocycles. The zero-order valence-corrected chi connectivity index (χ0v) is 20.3. The molecule has 0 spiro atoms.